The summed E-state index contributed by atoms with van der Waals surface area (Å²) in [5, 5.41) is 0. The van der Waals surface area contributed by atoms with Gasteiger partial charge in [0.05, 0.1) is 11.2 Å². The second-order valence-electron chi connectivity index (χ2n) is 7.28. The molecule has 0 spiro atoms. The molecule has 1 aromatic carbocycles. The van der Waals surface area contributed by atoms with Gasteiger partial charge in [-0.3, -0.25) is 0 Å². The van der Waals surface area contributed by atoms with Crippen molar-refractivity contribution in [3.05, 3.63) is 35.4 Å². The zero-order chi connectivity index (χ0) is 15.7. The van der Waals surface area contributed by atoms with Gasteiger partial charge in [-0.1, -0.05) is 38.1 Å². The second-order valence-corrected chi connectivity index (χ2v) is 7.28. The Morgan fingerprint density at radius 2 is 1.52 bits per heavy atom. The van der Waals surface area contributed by atoms with Crippen molar-refractivity contribution >= 4 is 7.12 Å². The number of aryl methyl sites for hydroxylation is 1. The SMILES string of the molecule is CC[C@@H](C)c1ccc(CCB2OC(C)(C)C(C)(C)O2)cc1. The molecule has 2 nitrogen and oxygen atoms in total. The lowest BCUT2D eigenvalue weighted by Gasteiger charge is -2.32. The maximum atomic E-state index is 6.04. The summed E-state index contributed by atoms with van der Waals surface area (Å²) >= 11 is 0. The number of rotatable bonds is 5. The molecule has 0 N–H and O–H groups in total. The van der Waals surface area contributed by atoms with Crippen LogP contribution in [0.1, 0.15) is 65.0 Å². The Morgan fingerprint density at radius 3 is 2.00 bits per heavy atom. The van der Waals surface area contributed by atoms with Crippen LogP contribution in [0, 0.1) is 0 Å². The molecule has 2 rings (SSSR count). The minimum atomic E-state index is -0.224. The maximum absolute atomic E-state index is 6.04. The summed E-state index contributed by atoms with van der Waals surface area (Å²) in [6, 6.07) is 9.00. The first-order valence-corrected chi connectivity index (χ1v) is 8.19. The van der Waals surface area contributed by atoms with E-state index in [9.17, 15) is 0 Å². The summed E-state index contributed by atoms with van der Waals surface area (Å²) in [6.45, 7) is 12.9. The largest absolute Gasteiger partial charge is 0.458 e. The molecule has 3 heteroatoms. The Morgan fingerprint density at radius 1 is 1.00 bits per heavy atom. The van der Waals surface area contributed by atoms with Gasteiger partial charge in [-0.25, -0.2) is 0 Å². The van der Waals surface area contributed by atoms with Crippen molar-refractivity contribution in [3.63, 3.8) is 0 Å². The van der Waals surface area contributed by atoms with Crippen LogP contribution in [0.25, 0.3) is 0 Å². The lowest BCUT2D eigenvalue weighted by Crippen LogP contribution is -2.41. The minimum Gasteiger partial charge on any atom is -0.403 e. The standard InChI is InChI=1S/C18H29BO2/c1-7-14(2)16-10-8-15(9-11-16)12-13-19-20-17(3,4)18(5,6)21-19/h8-11,14H,7,12-13H2,1-6H3/t14-/m1/s1. The van der Waals surface area contributed by atoms with E-state index in [0.717, 1.165) is 12.7 Å². The van der Waals surface area contributed by atoms with Crippen molar-refractivity contribution < 1.29 is 9.31 Å². The predicted octanol–water partition coefficient (Wildman–Crippen LogP) is 4.83. The fraction of sp³-hybridized carbons (Fsp3) is 0.667. The first kappa shape index (κ1) is 16.6. The van der Waals surface area contributed by atoms with Gasteiger partial charge in [-0.2, -0.15) is 0 Å². The topological polar surface area (TPSA) is 18.5 Å². The van der Waals surface area contributed by atoms with Crippen LogP contribution in [0.3, 0.4) is 0 Å². The summed E-state index contributed by atoms with van der Waals surface area (Å²) in [4.78, 5) is 0. The van der Waals surface area contributed by atoms with E-state index in [1.807, 2.05) is 0 Å². The minimum absolute atomic E-state index is 0.0933. The van der Waals surface area contributed by atoms with E-state index < -0.39 is 0 Å². The molecule has 21 heavy (non-hydrogen) atoms. The van der Waals surface area contributed by atoms with E-state index in [0.29, 0.717) is 5.92 Å². The number of hydrogen-bond donors (Lipinski definition) is 0. The van der Waals surface area contributed by atoms with Gasteiger partial charge in [0, 0.05) is 0 Å². The van der Waals surface area contributed by atoms with Crippen LogP contribution in [-0.2, 0) is 15.7 Å². The molecule has 1 heterocycles. The fourth-order valence-corrected chi connectivity index (χ4v) is 2.62. The molecule has 0 saturated carbocycles. The first-order chi connectivity index (χ1) is 9.75. The molecule has 0 aliphatic carbocycles. The van der Waals surface area contributed by atoms with E-state index in [1.54, 1.807) is 0 Å². The third-order valence-corrected chi connectivity index (χ3v) is 5.13. The highest BCUT2D eigenvalue weighted by Gasteiger charge is 2.50. The molecule has 0 bridgehead atoms. The average molecular weight is 288 g/mol. The van der Waals surface area contributed by atoms with Crippen LogP contribution in [0.2, 0.25) is 6.32 Å². The van der Waals surface area contributed by atoms with E-state index >= 15 is 0 Å². The van der Waals surface area contributed by atoms with E-state index in [4.69, 9.17) is 9.31 Å². The van der Waals surface area contributed by atoms with Crippen molar-refractivity contribution in [2.45, 2.75) is 77.8 Å². The van der Waals surface area contributed by atoms with Gasteiger partial charge in [0.2, 0.25) is 0 Å². The lowest BCUT2D eigenvalue weighted by molar-refractivity contribution is 0.00578. The molecule has 0 amide bonds. The molecule has 116 valence electrons. The van der Waals surface area contributed by atoms with E-state index in [1.165, 1.54) is 17.5 Å². The van der Waals surface area contributed by atoms with Gasteiger partial charge in [-0.05, 0) is 63.9 Å². The van der Waals surface area contributed by atoms with Gasteiger partial charge >= 0.3 is 7.12 Å². The molecule has 1 fully saturated rings. The fourth-order valence-electron chi connectivity index (χ4n) is 2.62. The van der Waals surface area contributed by atoms with E-state index in [-0.39, 0.29) is 18.3 Å². The Kier molecular flexibility index (Phi) is 4.84. The second kappa shape index (κ2) is 6.14. The zero-order valence-electron chi connectivity index (χ0n) is 14.4. The molecular formula is C18H29BO2. The van der Waals surface area contributed by atoms with Gasteiger partial charge in [0.1, 0.15) is 0 Å². The van der Waals surface area contributed by atoms with Crippen molar-refractivity contribution in [2.75, 3.05) is 0 Å². The van der Waals surface area contributed by atoms with Crippen LogP contribution >= 0.6 is 0 Å². The van der Waals surface area contributed by atoms with Crippen molar-refractivity contribution in [3.8, 4) is 0 Å². The highest BCUT2D eigenvalue weighted by Crippen LogP contribution is 2.37. The van der Waals surface area contributed by atoms with Crippen molar-refractivity contribution in [1.29, 1.82) is 0 Å². The summed E-state index contributed by atoms with van der Waals surface area (Å²) in [5.74, 6) is 0.641. The summed E-state index contributed by atoms with van der Waals surface area (Å²) in [6.07, 6.45) is 3.10. The van der Waals surface area contributed by atoms with Gasteiger partial charge in [0.25, 0.3) is 0 Å². The highest BCUT2D eigenvalue weighted by molar-refractivity contribution is 6.45. The average Bonchev–Trinajstić information content (AvgIpc) is 2.64. The molecule has 1 aromatic rings. The Labute approximate surface area is 130 Å². The third kappa shape index (κ3) is 3.70. The van der Waals surface area contributed by atoms with Crippen LogP contribution < -0.4 is 0 Å². The smallest absolute Gasteiger partial charge is 0.403 e. The molecule has 1 saturated heterocycles. The Balaban J connectivity index is 1.90. The van der Waals surface area contributed by atoms with Crippen LogP contribution in [0.5, 0.6) is 0 Å². The molecule has 1 atom stereocenters. The first-order valence-electron chi connectivity index (χ1n) is 8.19. The monoisotopic (exact) mass is 288 g/mol. The van der Waals surface area contributed by atoms with Crippen LogP contribution in [0.4, 0.5) is 0 Å². The lowest BCUT2D eigenvalue weighted by atomic mass is 9.81. The quantitative estimate of drug-likeness (QED) is 0.722. The van der Waals surface area contributed by atoms with Crippen LogP contribution in [-0.4, -0.2) is 18.3 Å². The van der Waals surface area contributed by atoms with E-state index in [2.05, 4.69) is 65.8 Å². The summed E-state index contributed by atoms with van der Waals surface area (Å²) in [5.41, 5.74) is 2.34. The number of hydrogen-bond acceptors (Lipinski definition) is 2. The van der Waals surface area contributed by atoms with Gasteiger partial charge < -0.3 is 9.31 Å². The zero-order valence-corrected chi connectivity index (χ0v) is 14.4. The van der Waals surface area contributed by atoms with Gasteiger partial charge in [-0.15, -0.1) is 0 Å². The third-order valence-electron chi connectivity index (χ3n) is 5.13. The van der Waals surface area contributed by atoms with Crippen molar-refractivity contribution in [2.24, 2.45) is 0 Å². The molecular weight excluding hydrogens is 259 g/mol. The Bertz CT molecular complexity index is 449. The summed E-state index contributed by atoms with van der Waals surface area (Å²) < 4.78 is 12.1. The van der Waals surface area contributed by atoms with Gasteiger partial charge in [0.15, 0.2) is 0 Å². The maximum Gasteiger partial charge on any atom is 0.458 e. The Hall–Kier alpha value is -0.795. The normalized spacial score (nSPS) is 21.5. The predicted molar refractivity (Wildman–Crippen MR) is 89.7 cm³/mol. The van der Waals surface area contributed by atoms with Crippen LogP contribution in [0.15, 0.2) is 24.3 Å². The molecule has 1 aliphatic heterocycles. The molecule has 0 aromatic heterocycles. The summed E-state index contributed by atoms with van der Waals surface area (Å²) in [7, 11) is -0.0933. The molecule has 0 radical (unpaired) electrons. The van der Waals surface area contributed by atoms with Crippen molar-refractivity contribution in [1.82, 2.24) is 0 Å². The number of benzene rings is 1. The molecule has 1 aliphatic rings. The molecule has 0 unspecified atom stereocenters. The highest BCUT2D eigenvalue weighted by atomic mass is 16.7.